The van der Waals surface area contributed by atoms with Crippen molar-refractivity contribution in [2.24, 2.45) is 0 Å². The molecule has 1 nitrogen and oxygen atoms in total. The molecule has 1 heterocycles. The normalized spacial score (nSPS) is 11.1. The molecule has 0 fully saturated rings. The van der Waals surface area contributed by atoms with Gasteiger partial charge in [0.15, 0.2) is 0 Å². The van der Waals surface area contributed by atoms with E-state index in [0.717, 1.165) is 16.7 Å². The minimum Gasteiger partial charge on any atom is -0.456 e. The molecule has 90 valence electrons. The van der Waals surface area contributed by atoms with Crippen molar-refractivity contribution in [2.75, 3.05) is 0 Å². The van der Waals surface area contributed by atoms with E-state index in [-0.39, 0.29) is 0 Å². The predicted molar refractivity (Wildman–Crippen MR) is 75.9 cm³/mol. The van der Waals surface area contributed by atoms with Crippen molar-refractivity contribution in [3.8, 4) is 11.3 Å². The Hall–Kier alpha value is -2.02. The van der Waals surface area contributed by atoms with Crippen LogP contribution in [0.3, 0.4) is 0 Å². The average molecular weight is 236 g/mol. The van der Waals surface area contributed by atoms with Crippen LogP contribution in [0.1, 0.15) is 16.7 Å². The van der Waals surface area contributed by atoms with Crippen molar-refractivity contribution in [1.29, 1.82) is 0 Å². The lowest BCUT2D eigenvalue weighted by Crippen LogP contribution is -1.88. The van der Waals surface area contributed by atoms with Crippen LogP contribution < -0.4 is 0 Å². The summed E-state index contributed by atoms with van der Waals surface area (Å²) in [6, 6.07) is 14.7. The van der Waals surface area contributed by atoms with Crippen molar-refractivity contribution >= 4 is 11.0 Å². The van der Waals surface area contributed by atoms with Crippen molar-refractivity contribution < 1.29 is 4.42 Å². The third kappa shape index (κ3) is 1.72. The van der Waals surface area contributed by atoms with Crippen LogP contribution in [0.15, 0.2) is 46.9 Å². The summed E-state index contributed by atoms with van der Waals surface area (Å²) in [5.74, 6) is 0.964. The van der Waals surface area contributed by atoms with Crippen LogP contribution in [0.25, 0.3) is 22.3 Å². The van der Waals surface area contributed by atoms with Crippen LogP contribution in [0, 0.1) is 20.8 Å². The lowest BCUT2D eigenvalue weighted by Gasteiger charge is -2.08. The van der Waals surface area contributed by atoms with Crippen molar-refractivity contribution in [3.63, 3.8) is 0 Å². The number of fused-ring (bicyclic) bond motifs is 1. The van der Waals surface area contributed by atoms with E-state index in [9.17, 15) is 0 Å². The Morgan fingerprint density at radius 1 is 0.833 bits per heavy atom. The third-order valence-corrected chi connectivity index (χ3v) is 3.35. The highest BCUT2D eigenvalue weighted by atomic mass is 16.3. The monoisotopic (exact) mass is 236 g/mol. The Labute approximate surface area is 107 Å². The van der Waals surface area contributed by atoms with E-state index < -0.39 is 0 Å². The molecule has 0 unspecified atom stereocenters. The van der Waals surface area contributed by atoms with Gasteiger partial charge in [0, 0.05) is 10.9 Å². The summed E-state index contributed by atoms with van der Waals surface area (Å²) in [6.45, 7) is 6.41. The molecule has 1 heteroatoms. The van der Waals surface area contributed by atoms with Gasteiger partial charge in [0.25, 0.3) is 0 Å². The summed E-state index contributed by atoms with van der Waals surface area (Å²) in [6.07, 6.45) is 0. The number of hydrogen-bond acceptors (Lipinski definition) is 1. The smallest absolute Gasteiger partial charge is 0.135 e. The summed E-state index contributed by atoms with van der Waals surface area (Å²) in [5, 5.41) is 1.16. The summed E-state index contributed by atoms with van der Waals surface area (Å²) in [4.78, 5) is 0. The summed E-state index contributed by atoms with van der Waals surface area (Å²) < 4.78 is 5.96. The predicted octanol–water partition coefficient (Wildman–Crippen LogP) is 5.03. The quantitative estimate of drug-likeness (QED) is 0.578. The van der Waals surface area contributed by atoms with Crippen molar-refractivity contribution in [1.82, 2.24) is 0 Å². The van der Waals surface area contributed by atoms with Crippen LogP contribution in [-0.2, 0) is 0 Å². The molecule has 0 atom stereocenters. The van der Waals surface area contributed by atoms with Crippen LogP contribution in [0.2, 0.25) is 0 Å². The molecule has 0 aliphatic rings. The number of benzene rings is 2. The largest absolute Gasteiger partial charge is 0.456 e. The van der Waals surface area contributed by atoms with Gasteiger partial charge in [-0.25, -0.2) is 0 Å². The fraction of sp³-hybridized carbons (Fsp3) is 0.176. The zero-order valence-electron chi connectivity index (χ0n) is 10.9. The first-order valence-electron chi connectivity index (χ1n) is 6.22. The molecule has 2 aromatic carbocycles. The Balaban J connectivity index is 2.26. The number of hydrogen-bond donors (Lipinski definition) is 0. The Bertz CT molecular complexity index is 663. The van der Waals surface area contributed by atoms with Gasteiger partial charge in [-0.3, -0.25) is 0 Å². The maximum atomic E-state index is 5.96. The van der Waals surface area contributed by atoms with Gasteiger partial charge >= 0.3 is 0 Å². The number of para-hydroxylation sites is 1. The van der Waals surface area contributed by atoms with E-state index in [2.05, 4.69) is 45.0 Å². The SMILES string of the molecule is Cc1cc(C)c(-c2cc3ccccc3o2)c(C)c1. The van der Waals surface area contributed by atoms with E-state index in [1.54, 1.807) is 0 Å². The second-order valence-electron chi connectivity index (χ2n) is 4.92. The van der Waals surface area contributed by atoms with Gasteiger partial charge in [0.2, 0.25) is 0 Å². The highest BCUT2D eigenvalue weighted by molar-refractivity contribution is 5.84. The third-order valence-electron chi connectivity index (χ3n) is 3.35. The van der Waals surface area contributed by atoms with E-state index in [0.29, 0.717) is 0 Å². The molecule has 0 N–H and O–H groups in total. The molecular weight excluding hydrogens is 220 g/mol. The minimum atomic E-state index is 0.951. The first kappa shape index (κ1) is 11.1. The number of aryl methyl sites for hydroxylation is 3. The van der Waals surface area contributed by atoms with E-state index in [1.165, 1.54) is 22.3 Å². The zero-order valence-corrected chi connectivity index (χ0v) is 10.9. The highest BCUT2D eigenvalue weighted by Crippen LogP contribution is 2.32. The van der Waals surface area contributed by atoms with Gasteiger partial charge in [-0.15, -0.1) is 0 Å². The van der Waals surface area contributed by atoms with E-state index in [4.69, 9.17) is 4.42 Å². The van der Waals surface area contributed by atoms with Gasteiger partial charge in [0.1, 0.15) is 11.3 Å². The maximum absolute atomic E-state index is 5.96. The van der Waals surface area contributed by atoms with Gasteiger partial charge in [-0.05, 0) is 44.0 Å². The Morgan fingerprint density at radius 2 is 1.50 bits per heavy atom. The van der Waals surface area contributed by atoms with Crippen LogP contribution in [0.5, 0.6) is 0 Å². The molecule has 0 aliphatic carbocycles. The topological polar surface area (TPSA) is 13.1 Å². The van der Waals surface area contributed by atoms with Crippen molar-refractivity contribution in [3.05, 3.63) is 59.2 Å². The average Bonchev–Trinajstić information content (AvgIpc) is 2.70. The van der Waals surface area contributed by atoms with Crippen LogP contribution >= 0.6 is 0 Å². The molecule has 0 spiro atoms. The summed E-state index contributed by atoms with van der Waals surface area (Å²) in [5.41, 5.74) is 6.01. The second-order valence-corrected chi connectivity index (χ2v) is 4.92. The molecule has 3 rings (SSSR count). The Kier molecular flexibility index (Phi) is 2.48. The number of rotatable bonds is 1. The summed E-state index contributed by atoms with van der Waals surface area (Å²) in [7, 11) is 0. The lowest BCUT2D eigenvalue weighted by atomic mass is 9.98. The second kappa shape index (κ2) is 4.02. The van der Waals surface area contributed by atoms with Crippen LogP contribution in [0.4, 0.5) is 0 Å². The fourth-order valence-corrected chi connectivity index (χ4v) is 2.67. The maximum Gasteiger partial charge on any atom is 0.135 e. The molecular formula is C17H16O. The van der Waals surface area contributed by atoms with Gasteiger partial charge in [0.05, 0.1) is 0 Å². The van der Waals surface area contributed by atoms with Crippen molar-refractivity contribution in [2.45, 2.75) is 20.8 Å². The molecule has 3 aromatic rings. The Morgan fingerprint density at radius 3 is 2.17 bits per heavy atom. The van der Waals surface area contributed by atoms with Crippen LogP contribution in [-0.4, -0.2) is 0 Å². The number of furan rings is 1. The molecule has 0 amide bonds. The van der Waals surface area contributed by atoms with Gasteiger partial charge in [-0.1, -0.05) is 35.9 Å². The van der Waals surface area contributed by atoms with Gasteiger partial charge in [-0.2, -0.15) is 0 Å². The summed E-state index contributed by atoms with van der Waals surface area (Å²) >= 11 is 0. The zero-order chi connectivity index (χ0) is 12.7. The lowest BCUT2D eigenvalue weighted by molar-refractivity contribution is 0.630. The van der Waals surface area contributed by atoms with Gasteiger partial charge < -0.3 is 4.42 Å². The molecule has 0 bridgehead atoms. The fourth-order valence-electron chi connectivity index (χ4n) is 2.67. The molecule has 0 radical (unpaired) electrons. The van der Waals surface area contributed by atoms with E-state index in [1.807, 2.05) is 18.2 Å². The molecule has 1 aromatic heterocycles. The molecule has 18 heavy (non-hydrogen) atoms. The highest BCUT2D eigenvalue weighted by Gasteiger charge is 2.11. The minimum absolute atomic E-state index is 0.951. The molecule has 0 saturated heterocycles. The molecule has 0 saturated carbocycles. The van der Waals surface area contributed by atoms with E-state index >= 15 is 0 Å². The first-order chi connectivity index (χ1) is 8.65. The standard InChI is InChI=1S/C17H16O/c1-11-8-12(2)17(13(3)9-11)16-10-14-6-4-5-7-15(14)18-16/h4-10H,1-3H3. The molecule has 0 aliphatic heterocycles. The first-order valence-corrected chi connectivity index (χ1v) is 6.22.